The first-order valence-corrected chi connectivity index (χ1v) is 8.04. The molecule has 0 aromatic carbocycles. The van der Waals surface area contributed by atoms with Gasteiger partial charge in [-0.1, -0.05) is 0 Å². The molecule has 1 unspecified atom stereocenters. The van der Waals surface area contributed by atoms with Crippen molar-refractivity contribution >= 4 is 29.0 Å². The third-order valence-corrected chi connectivity index (χ3v) is 4.14. The SMILES string of the molecule is Cc1nc(CSCC(=O)NC(C)CCCO)cs1. The second-order valence-corrected chi connectivity index (χ2v) is 6.23. The van der Waals surface area contributed by atoms with Gasteiger partial charge in [-0.15, -0.1) is 23.1 Å². The first kappa shape index (κ1) is 15.5. The molecule has 0 spiro atoms. The van der Waals surface area contributed by atoms with E-state index in [1.807, 2.05) is 19.2 Å². The molecule has 1 amide bonds. The number of aliphatic hydroxyl groups is 1. The summed E-state index contributed by atoms with van der Waals surface area (Å²) in [6, 6.07) is 0.131. The van der Waals surface area contributed by atoms with E-state index in [9.17, 15) is 4.79 Å². The van der Waals surface area contributed by atoms with Gasteiger partial charge in [0.25, 0.3) is 0 Å². The Morgan fingerprint density at radius 2 is 2.44 bits per heavy atom. The minimum Gasteiger partial charge on any atom is -0.396 e. The quantitative estimate of drug-likeness (QED) is 0.767. The number of hydrogen-bond donors (Lipinski definition) is 2. The van der Waals surface area contributed by atoms with E-state index >= 15 is 0 Å². The van der Waals surface area contributed by atoms with Gasteiger partial charge in [-0.05, 0) is 26.7 Å². The molecule has 18 heavy (non-hydrogen) atoms. The van der Waals surface area contributed by atoms with Crippen LogP contribution in [0.5, 0.6) is 0 Å². The van der Waals surface area contributed by atoms with Crippen molar-refractivity contribution < 1.29 is 9.90 Å². The lowest BCUT2D eigenvalue weighted by atomic mass is 10.2. The highest BCUT2D eigenvalue weighted by molar-refractivity contribution is 7.99. The van der Waals surface area contributed by atoms with Crippen molar-refractivity contribution in [1.82, 2.24) is 10.3 Å². The molecule has 0 radical (unpaired) electrons. The summed E-state index contributed by atoms with van der Waals surface area (Å²) >= 11 is 3.21. The molecule has 0 fully saturated rings. The van der Waals surface area contributed by atoms with Gasteiger partial charge in [-0.3, -0.25) is 4.79 Å². The van der Waals surface area contributed by atoms with Gasteiger partial charge in [0.1, 0.15) is 0 Å². The first-order chi connectivity index (χ1) is 8.61. The Bertz CT molecular complexity index is 369. The zero-order chi connectivity index (χ0) is 13.4. The van der Waals surface area contributed by atoms with Crippen molar-refractivity contribution in [2.45, 2.75) is 38.5 Å². The van der Waals surface area contributed by atoms with E-state index in [0.717, 1.165) is 29.3 Å². The number of carbonyl (C=O) groups is 1. The zero-order valence-corrected chi connectivity index (χ0v) is 12.4. The van der Waals surface area contributed by atoms with Crippen LogP contribution in [0.15, 0.2) is 5.38 Å². The van der Waals surface area contributed by atoms with Gasteiger partial charge in [0, 0.05) is 23.8 Å². The fourth-order valence-electron chi connectivity index (χ4n) is 1.51. The van der Waals surface area contributed by atoms with Crippen molar-refractivity contribution in [2.24, 2.45) is 0 Å². The monoisotopic (exact) mass is 288 g/mol. The average molecular weight is 288 g/mol. The summed E-state index contributed by atoms with van der Waals surface area (Å²) in [5, 5.41) is 14.7. The maximum absolute atomic E-state index is 11.6. The van der Waals surface area contributed by atoms with Crippen molar-refractivity contribution in [2.75, 3.05) is 12.4 Å². The Balaban J connectivity index is 2.13. The highest BCUT2D eigenvalue weighted by Gasteiger charge is 2.07. The molecule has 1 atom stereocenters. The molecule has 0 aliphatic carbocycles. The van der Waals surface area contributed by atoms with Gasteiger partial charge in [0.15, 0.2) is 0 Å². The summed E-state index contributed by atoms with van der Waals surface area (Å²) in [5.41, 5.74) is 1.05. The molecule has 0 aliphatic rings. The maximum Gasteiger partial charge on any atom is 0.230 e. The molecular weight excluding hydrogens is 268 g/mol. The molecule has 0 saturated carbocycles. The second kappa shape index (κ2) is 8.50. The Morgan fingerprint density at radius 3 is 3.06 bits per heavy atom. The number of aryl methyl sites for hydroxylation is 1. The van der Waals surface area contributed by atoms with Crippen LogP contribution in [0.3, 0.4) is 0 Å². The van der Waals surface area contributed by atoms with Crippen LogP contribution in [-0.2, 0) is 10.5 Å². The van der Waals surface area contributed by atoms with Crippen LogP contribution in [0.25, 0.3) is 0 Å². The molecule has 0 aliphatic heterocycles. The molecule has 4 nitrogen and oxygen atoms in total. The number of rotatable bonds is 8. The maximum atomic E-state index is 11.6. The molecule has 1 rings (SSSR count). The number of nitrogens with zero attached hydrogens (tertiary/aromatic N) is 1. The smallest absolute Gasteiger partial charge is 0.230 e. The minimum atomic E-state index is 0.0531. The Labute approximate surface area is 116 Å². The Kier molecular flexibility index (Phi) is 7.31. The summed E-state index contributed by atoms with van der Waals surface area (Å²) < 4.78 is 0. The number of carbonyl (C=O) groups excluding carboxylic acids is 1. The lowest BCUT2D eigenvalue weighted by Crippen LogP contribution is -2.33. The normalized spacial score (nSPS) is 12.4. The van der Waals surface area contributed by atoms with Crippen molar-refractivity contribution in [3.63, 3.8) is 0 Å². The highest BCUT2D eigenvalue weighted by atomic mass is 32.2. The Morgan fingerprint density at radius 1 is 1.67 bits per heavy atom. The molecule has 1 aromatic rings. The summed E-state index contributed by atoms with van der Waals surface area (Å²) in [5.74, 6) is 1.29. The zero-order valence-electron chi connectivity index (χ0n) is 10.8. The third kappa shape index (κ3) is 6.37. The van der Waals surface area contributed by atoms with Crippen LogP contribution in [0.2, 0.25) is 0 Å². The fraction of sp³-hybridized carbons (Fsp3) is 0.667. The standard InChI is InChI=1S/C12H20N2O2S2/c1-9(4-3-5-15)13-12(16)8-17-6-11-7-18-10(2)14-11/h7,9,15H,3-6,8H2,1-2H3,(H,13,16). The van der Waals surface area contributed by atoms with Gasteiger partial charge >= 0.3 is 0 Å². The largest absolute Gasteiger partial charge is 0.396 e. The van der Waals surface area contributed by atoms with Crippen molar-refractivity contribution in [3.8, 4) is 0 Å². The van der Waals surface area contributed by atoms with E-state index in [4.69, 9.17) is 5.11 Å². The average Bonchev–Trinajstić information content (AvgIpc) is 2.72. The first-order valence-electron chi connectivity index (χ1n) is 6.00. The third-order valence-electron chi connectivity index (χ3n) is 2.35. The van der Waals surface area contributed by atoms with E-state index in [1.165, 1.54) is 0 Å². The number of thiazole rings is 1. The number of hydrogen-bond acceptors (Lipinski definition) is 5. The van der Waals surface area contributed by atoms with Gasteiger partial charge in [-0.2, -0.15) is 0 Å². The summed E-state index contributed by atoms with van der Waals surface area (Å²) in [6.45, 7) is 4.12. The van der Waals surface area contributed by atoms with Gasteiger partial charge in [-0.25, -0.2) is 4.98 Å². The van der Waals surface area contributed by atoms with E-state index in [-0.39, 0.29) is 18.6 Å². The lowest BCUT2D eigenvalue weighted by molar-refractivity contribution is -0.119. The number of aromatic nitrogens is 1. The Hall–Kier alpha value is -0.590. The van der Waals surface area contributed by atoms with E-state index in [1.54, 1.807) is 23.1 Å². The van der Waals surface area contributed by atoms with Crippen LogP contribution >= 0.6 is 23.1 Å². The molecule has 6 heteroatoms. The summed E-state index contributed by atoms with van der Waals surface area (Å²) in [4.78, 5) is 15.9. The lowest BCUT2D eigenvalue weighted by Gasteiger charge is -2.12. The van der Waals surface area contributed by atoms with Crippen LogP contribution in [0.1, 0.15) is 30.5 Å². The predicted octanol–water partition coefficient (Wildman–Crippen LogP) is 1.96. The number of nitrogens with one attached hydrogen (secondary N) is 1. The molecular formula is C12H20N2O2S2. The predicted molar refractivity (Wildman–Crippen MR) is 76.9 cm³/mol. The summed E-state index contributed by atoms with van der Waals surface area (Å²) in [6.07, 6.45) is 1.55. The van der Waals surface area contributed by atoms with Gasteiger partial charge < -0.3 is 10.4 Å². The fourth-order valence-corrected chi connectivity index (χ4v) is 2.95. The van der Waals surface area contributed by atoms with E-state index < -0.39 is 0 Å². The highest BCUT2D eigenvalue weighted by Crippen LogP contribution is 2.14. The van der Waals surface area contributed by atoms with Gasteiger partial charge in [0.2, 0.25) is 5.91 Å². The van der Waals surface area contributed by atoms with E-state index in [0.29, 0.717) is 5.75 Å². The molecule has 0 saturated heterocycles. The number of aliphatic hydroxyl groups excluding tert-OH is 1. The van der Waals surface area contributed by atoms with Crippen molar-refractivity contribution in [3.05, 3.63) is 16.1 Å². The van der Waals surface area contributed by atoms with Crippen molar-refractivity contribution in [1.29, 1.82) is 0 Å². The molecule has 102 valence electrons. The number of amides is 1. The van der Waals surface area contributed by atoms with Crippen LogP contribution < -0.4 is 5.32 Å². The molecule has 0 bridgehead atoms. The minimum absolute atomic E-state index is 0.0531. The van der Waals surface area contributed by atoms with Crippen LogP contribution in [0.4, 0.5) is 0 Å². The second-order valence-electron chi connectivity index (χ2n) is 4.19. The molecule has 1 aromatic heterocycles. The topological polar surface area (TPSA) is 62.2 Å². The van der Waals surface area contributed by atoms with Crippen LogP contribution in [-0.4, -0.2) is 34.4 Å². The van der Waals surface area contributed by atoms with Gasteiger partial charge in [0.05, 0.1) is 16.5 Å². The molecule has 2 N–H and O–H groups in total. The van der Waals surface area contributed by atoms with E-state index in [2.05, 4.69) is 10.3 Å². The van der Waals surface area contributed by atoms with Crippen LogP contribution in [0, 0.1) is 6.92 Å². The summed E-state index contributed by atoms with van der Waals surface area (Å²) in [7, 11) is 0. The molecule has 1 heterocycles. The number of thioether (sulfide) groups is 1.